The highest BCUT2D eigenvalue weighted by Crippen LogP contribution is 2.30. The van der Waals surface area contributed by atoms with Crippen LogP contribution in [0.2, 0.25) is 0 Å². The molecule has 3 rings (SSSR count). The van der Waals surface area contributed by atoms with Gasteiger partial charge in [0.1, 0.15) is 17.3 Å². The van der Waals surface area contributed by atoms with Crippen LogP contribution in [0.25, 0.3) is 22.4 Å². The number of aromatic hydroxyl groups is 1. The van der Waals surface area contributed by atoms with Crippen molar-refractivity contribution < 1.29 is 9.84 Å². The van der Waals surface area contributed by atoms with E-state index in [2.05, 4.69) is 4.98 Å². The molecule has 0 atom stereocenters. The molecule has 1 heterocycles. The monoisotopic (exact) mass is 269 g/mol. The maximum Gasteiger partial charge on any atom is 0.140 e. The van der Waals surface area contributed by atoms with Crippen LogP contribution in [-0.4, -0.2) is 21.8 Å². The minimum Gasteiger partial charge on any atom is -0.506 e. The maximum atomic E-state index is 9.73. The third-order valence-electron chi connectivity index (χ3n) is 3.38. The standard InChI is InChI=1S/C15H15N3O2/c1-18-13-6-4-10(20-2)8-12(13)17-15(18)9-3-5-11(16)14(19)7-9/h3-8,19H,16H2,1-2H3. The Bertz CT molecular complexity index is 793. The van der Waals surface area contributed by atoms with Gasteiger partial charge in [0.2, 0.25) is 0 Å². The van der Waals surface area contributed by atoms with E-state index in [1.165, 1.54) is 0 Å². The largest absolute Gasteiger partial charge is 0.506 e. The lowest BCUT2D eigenvalue weighted by atomic mass is 10.2. The van der Waals surface area contributed by atoms with E-state index in [-0.39, 0.29) is 5.75 Å². The Hall–Kier alpha value is -2.69. The Morgan fingerprint density at radius 3 is 2.70 bits per heavy atom. The highest BCUT2D eigenvalue weighted by molar-refractivity contribution is 5.82. The molecular formula is C15H15N3O2. The fourth-order valence-electron chi connectivity index (χ4n) is 2.25. The van der Waals surface area contributed by atoms with Gasteiger partial charge < -0.3 is 20.1 Å². The van der Waals surface area contributed by atoms with Crippen LogP contribution in [0.4, 0.5) is 5.69 Å². The first kappa shape index (κ1) is 12.3. The van der Waals surface area contributed by atoms with Crippen LogP contribution in [0.1, 0.15) is 0 Å². The summed E-state index contributed by atoms with van der Waals surface area (Å²) in [6.07, 6.45) is 0. The number of rotatable bonds is 2. The molecule has 1 aromatic heterocycles. The second kappa shape index (κ2) is 4.45. The molecule has 0 bridgehead atoms. The first-order valence-corrected chi connectivity index (χ1v) is 6.19. The number of hydrogen-bond acceptors (Lipinski definition) is 4. The predicted molar refractivity (Wildman–Crippen MR) is 78.8 cm³/mol. The Kier molecular flexibility index (Phi) is 2.75. The Morgan fingerprint density at radius 1 is 1.20 bits per heavy atom. The third kappa shape index (κ3) is 1.84. The third-order valence-corrected chi connectivity index (χ3v) is 3.38. The highest BCUT2D eigenvalue weighted by atomic mass is 16.5. The number of anilines is 1. The van der Waals surface area contributed by atoms with Crippen LogP contribution in [0.3, 0.4) is 0 Å². The quantitative estimate of drug-likeness (QED) is 0.554. The smallest absolute Gasteiger partial charge is 0.140 e. The zero-order valence-electron chi connectivity index (χ0n) is 11.3. The number of fused-ring (bicyclic) bond motifs is 1. The van der Waals surface area contributed by atoms with E-state index in [9.17, 15) is 5.11 Å². The molecule has 102 valence electrons. The van der Waals surface area contributed by atoms with Crippen molar-refractivity contribution >= 4 is 16.7 Å². The van der Waals surface area contributed by atoms with Gasteiger partial charge in [-0.1, -0.05) is 0 Å². The van der Waals surface area contributed by atoms with Crippen molar-refractivity contribution in [3.63, 3.8) is 0 Å². The number of ether oxygens (including phenoxy) is 1. The molecule has 5 nitrogen and oxygen atoms in total. The molecule has 3 N–H and O–H groups in total. The van der Waals surface area contributed by atoms with Crippen molar-refractivity contribution in [3.05, 3.63) is 36.4 Å². The van der Waals surface area contributed by atoms with Crippen LogP contribution in [-0.2, 0) is 7.05 Å². The number of methoxy groups -OCH3 is 1. The number of nitrogens with zero attached hydrogens (tertiary/aromatic N) is 2. The SMILES string of the molecule is COc1ccc2c(c1)nc(-c1ccc(N)c(O)c1)n2C. The summed E-state index contributed by atoms with van der Waals surface area (Å²) in [6, 6.07) is 10.9. The van der Waals surface area contributed by atoms with Gasteiger partial charge in [-0.3, -0.25) is 0 Å². The zero-order valence-corrected chi connectivity index (χ0v) is 11.3. The lowest BCUT2D eigenvalue weighted by Gasteiger charge is -2.04. The van der Waals surface area contributed by atoms with E-state index in [0.717, 1.165) is 28.2 Å². The van der Waals surface area contributed by atoms with Crippen LogP contribution < -0.4 is 10.5 Å². The molecule has 3 aromatic rings. The molecule has 0 saturated carbocycles. The summed E-state index contributed by atoms with van der Waals surface area (Å²) in [5.74, 6) is 1.60. The number of aromatic nitrogens is 2. The predicted octanol–water partition coefficient (Wildman–Crippen LogP) is 2.54. The van der Waals surface area contributed by atoms with Crippen molar-refractivity contribution in [1.82, 2.24) is 9.55 Å². The summed E-state index contributed by atoms with van der Waals surface area (Å²) in [5.41, 5.74) is 8.64. The first-order chi connectivity index (χ1) is 9.60. The lowest BCUT2D eigenvalue weighted by Crippen LogP contribution is -1.93. The second-order valence-corrected chi connectivity index (χ2v) is 4.62. The molecule has 0 amide bonds. The van der Waals surface area contributed by atoms with Crippen molar-refractivity contribution in [2.75, 3.05) is 12.8 Å². The molecule has 0 radical (unpaired) electrons. The van der Waals surface area contributed by atoms with E-state index in [1.54, 1.807) is 19.2 Å². The number of imidazole rings is 1. The van der Waals surface area contributed by atoms with E-state index >= 15 is 0 Å². The van der Waals surface area contributed by atoms with Crippen LogP contribution in [0.15, 0.2) is 36.4 Å². The Morgan fingerprint density at radius 2 is 2.00 bits per heavy atom. The van der Waals surface area contributed by atoms with Gasteiger partial charge >= 0.3 is 0 Å². The van der Waals surface area contributed by atoms with E-state index in [4.69, 9.17) is 10.5 Å². The molecule has 0 saturated heterocycles. The number of phenols is 1. The zero-order chi connectivity index (χ0) is 14.3. The molecule has 0 fully saturated rings. The minimum absolute atomic E-state index is 0.0622. The number of phenolic OH excluding ortho intramolecular Hbond substituents is 1. The number of nitrogens with two attached hydrogens (primary N) is 1. The van der Waals surface area contributed by atoms with Gasteiger partial charge in [-0.05, 0) is 30.3 Å². The molecule has 0 aliphatic heterocycles. The maximum absolute atomic E-state index is 9.73. The molecule has 5 heteroatoms. The molecule has 0 spiro atoms. The number of benzene rings is 2. The fourth-order valence-corrected chi connectivity index (χ4v) is 2.25. The van der Waals surface area contributed by atoms with Crippen LogP contribution in [0, 0.1) is 0 Å². The van der Waals surface area contributed by atoms with Gasteiger partial charge in [-0.2, -0.15) is 0 Å². The molecule has 2 aromatic carbocycles. The van der Waals surface area contributed by atoms with Crippen LogP contribution in [0.5, 0.6) is 11.5 Å². The molecule has 0 aliphatic rings. The number of hydrogen-bond donors (Lipinski definition) is 2. The summed E-state index contributed by atoms with van der Waals surface area (Å²) in [4.78, 5) is 4.59. The molecule has 20 heavy (non-hydrogen) atoms. The normalized spacial score (nSPS) is 10.9. The minimum atomic E-state index is 0.0622. The molecular weight excluding hydrogens is 254 g/mol. The van der Waals surface area contributed by atoms with Gasteiger partial charge in [0.15, 0.2) is 0 Å². The van der Waals surface area contributed by atoms with E-state index in [1.807, 2.05) is 35.9 Å². The summed E-state index contributed by atoms with van der Waals surface area (Å²) in [5, 5.41) is 9.73. The fraction of sp³-hybridized carbons (Fsp3) is 0.133. The van der Waals surface area contributed by atoms with Gasteiger partial charge in [0.25, 0.3) is 0 Å². The van der Waals surface area contributed by atoms with Gasteiger partial charge in [-0.25, -0.2) is 4.98 Å². The van der Waals surface area contributed by atoms with Crippen LogP contribution >= 0.6 is 0 Å². The average molecular weight is 269 g/mol. The Labute approximate surface area is 116 Å². The van der Waals surface area contributed by atoms with Crippen molar-refractivity contribution in [2.24, 2.45) is 7.05 Å². The average Bonchev–Trinajstić information content (AvgIpc) is 2.78. The van der Waals surface area contributed by atoms with Gasteiger partial charge in [-0.15, -0.1) is 0 Å². The lowest BCUT2D eigenvalue weighted by molar-refractivity contribution is 0.415. The summed E-state index contributed by atoms with van der Waals surface area (Å²) in [7, 11) is 3.56. The van der Waals surface area contributed by atoms with Crippen molar-refractivity contribution in [2.45, 2.75) is 0 Å². The van der Waals surface area contributed by atoms with Crippen molar-refractivity contribution in [1.29, 1.82) is 0 Å². The molecule has 0 unspecified atom stereocenters. The molecule has 0 aliphatic carbocycles. The van der Waals surface area contributed by atoms with Crippen molar-refractivity contribution in [3.8, 4) is 22.9 Å². The van der Waals surface area contributed by atoms with Gasteiger partial charge in [0.05, 0.1) is 23.8 Å². The number of nitrogen functional groups attached to an aromatic ring is 1. The Balaban J connectivity index is 2.20. The van der Waals surface area contributed by atoms with E-state index in [0.29, 0.717) is 5.69 Å². The van der Waals surface area contributed by atoms with E-state index < -0.39 is 0 Å². The highest BCUT2D eigenvalue weighted by Gasteiger charge is 2.11. The first-order valence-electron chi connectivity index (χ1n) is 6.19. The summed E-state index contributed by atoms with van der Waals surface area (Å²) < 4.78 is 7.18. The number of aryl methyl sites for hydroxylation is 1. The second-order valence-electron chi connectivity index (χ2n) is 4.62. The topological polar surface area (TPSA) is 73.3 Å². The summed E-state index contributed by atoms with van der Waals surface area (Å²) >= 11 is 0. The summed E-state index contributed by atoms with van der Waals surface area (Å²) in [6.45, 7) is 0. The van der Waals surface area contributed by atoms with Gasteiger partial charge in [0, 0.05) is 18.7 Å².